The molecule has 0 heterocycles. The third-order valence-corrected chi connectivity index (χ3v) is 3.26. The molecular weight excluding hydrogens is 350 g/mol. The molecule has 0 aliphatic rings. The molecule has 0 fully saturated rings. The molecule has 1 aromatic carbocycles. The first-order chi connectivity index (χ1) is 11.7. The molecule has 0 radical (unpaired) electrons. The maximum absolute atomic E-state index is 12.2. The van der Waals surface area contributed by atoms with Crippen molar-refractivity contribution in [3.05, 3.63) is 34.9 Å². The van der Waals surface area contributed by atoms with E-state index in [9.17, 15) is 19.2 Å². The van der Waals surface area contributed by atoms with Gasteiger partial charge in [-0.3, -0.25) is 14.9 Å². The summed E-state index contributed by atoms with van der Waals surface area (Å²) < 4.78 is 4.83. The summed E-state index contributed by atoms with van der Waals surface area (Å²) in [6.45, 7) is 3.07. The van der Waals surface area contributed by atoms with Gasteiger partial charge in [-0.25, -0.2) is 9.59 Å². The Balaban J connectivity index is 2.70. The first kappa shape index (κ1) is 20.4. The number of benzene rings is 1. The molecule has 0 bridgehead atoms. The Labute approximate surface area is 150 Å². The van der Waals surface area contributed by atoms with E-state index in [0.29, 0.717) is 17.0 Å². The van der Waals surface area contributed by atoms with Gasteiger partial charge in [-0.2, -0.15) is 0 Å². The van der Waals surface area contributed by atoms with Crippen LogP contribution in [-0.4, -0.2) is 36.5 Å². The number of rotatable bonds is 7. The molecule has 0 aromatic heterocycles. The van der Waals surface area contributed by atoms with Crippen molar-refractivity contribution in [3.8, 4) is 0 Å². The minimum Gasteiger partial charge on any atom is -0.454 e. The number of halogens is 1. The molecule has 136 valence electrons. The van der Waals surface area contributed by atoms with Crippen molar-refractivity contribution in [1.29, 1.82) is 0 Å². The van der Waals surface area contributed by atoms with Crippen LogP contribution in [0.2, 0.25) is 5.02 Å². The first-order valence-corrected chi connectivity index (χ1v) is 7.89. The van der Waals surface area contributed by atoms with Crippen molar-refractivity contribution < 1.29 is 23.9 Å². The summed E-state index contributed by atoms with van der Waals surface area (Å²) in [7, 11) is 0. The van der Waals surface area contributed by atoms with E-state index in [0.717, 1.165) is 0 Å². The first-order valence-electron chi connectivity index (χ1n) is 7.51. The summed E-state index contributed by atoms with van der Waals surface area (Å²) in [4.78, 5) is 46.2. The van der Waals surface area contributed by atoms with Gasteiger partial charge in [-0.05, 0) is 36.6 Å². The molecule has 9 heteroatoms. The van der Waals surface area contributed by atoms with Crippen molar-refractivity contribution in [2.45, 2.75) is 26.3 Å². The Hall–Kier alpha value is -2.61. The van der Waals surface area contributed by atoms with Gasteiger partial charge in [0.1, 0.15) is 6.04 Å². The van der Waals surface area contributed by atoms with Crippen LogP contribution in [0.25, 0.3) is 0 Å². The second kappa shape index (κ2) is 9.63. The minimum absolute atomic E-state index is 0.0857. The maximum Gasteiger partial charge on any atom is 0.329 e. The zero-order chi connectivity index (χ0) is 19.0. The third kappa shape index (κ3) is 7.67. The molecule has 8 nitrogen and oxygen atoms in total. The number of urea groups is 1. The smallest absolute Gasteiger partial charge is 0.329 e. The van der Waals surface area contributed by atoms with Crippen molar-refractivity contribution >= 4 is 35.4 Å². The summed E-state index contributed by atoms with van der Waals surface area (Å²) in [6.07, 6.45) is 0.315. The van der Waals surface area contributed by atoms with Crippen LogP contribution in [0, 0.1) is 5.92 Å². The van der Waals surface area contributed by atoms with Crippen LogP contribution in [0.15, 0.2) is 24.3 Å². The van der Waals surface area contributed by atoms with Crippen LogP contribution in [0.4, 0.5) is 4.79 Å². The molecule has 0 saturated carbocycles. The van der Waals surface area contributed by atoms with E-state index in [2.05, 4.69) is 5.32 Å². The van der Waals surface area contributed by atoms with Gasteiger partial charge in [0.05, 0.1) is 0 Å². The molecule has 0 aliphatic heterocycles. The Morgan fingerprint density at radius 3 is 2.28 bits per heavy atom. The second-order valence-corrected chi connectivity index (χ2v) is 6.12. The molecule has 0 unspecified atom stereocenters. The predicted octanol–water partition coefficient (Wildman–Crippen LogP) is 1.22. The van der Waals surface area contributed by atoms with Gasteiger partial charge >= 0.3 is 12.0 Å². The number of amides is 4. The summed E-state index contributed by atoms with van der Waals surface area (Å²) in [5.41, 5.74) is 5.12. The molecule has 1 atom stereocenters. The van der Waals surface area contributed by atoms with Crippen LogP contribution in [0.5, 0.6) is 0 Å². The number of nitrogens with two attached hydrogens (primary N) is 1. The minimum atomic E-state index is -1.05. The lowest BCUT2D eigenvalue weighted by molar-refractivity contribution is -0.150. The molecule has 1 rings (SSSR count). The molecule has 4 amide bonds. The Morgan fingerprint density at radius 2 is 1.76 bits per heavy atom. The Bertz CT molecular complexity index is 646. The van der Waals surface area contributed by atoms with Crippen LogP contribution < -0.4 is 16.4 Å². The zero-order valence-electron chi connectivity index (χ0n) is 13.9. The lowest BCUT2D eigenvalue weighted by Crippen LogP contribution is -2.44. The van der Waals surface area contributed by atoms with Gasteiger partial charge in [-0.1, -0.05) is 25.4 Å². The third-order valence-electron chi connectivity index (χ3n) is 3.01. The van der Waals surface area contributed by atoms with Gasteiger partial charge < -0.3 is 15.8 Å². The predicted molar refractivity (Wildman–Crippen MR) is 90.8 cm³/mol. The zero-order valence-corrected chi connectivity index (χ0v) is 14.6. The summed E-state index contributed by atoms with van der Waals surface area (Å²) in [5, 5.41) is 4.82. The highest BCUT2D eigenvalue weighted by atomic mass is 35.5. The molecule has 1 aromatic rings. The van der Waals surface area contributed by atoms with Crippen molar-refractivity contribution in [3.63, 3.8) is 0 Å². The molecule has 25 heavy (non-hydrogen) atoms. The Morgan fingerprint density at radius 1 is 1.16 bits per heavy atom. The maximum atomic E-state index is 12.2. The number of primary amides is 1. The molecular formula is C16H20ClN3O5. The molecule has 0 spiro atoms. The summed E-state index contributed by atoms with van der Waals surface area (Å²) in [6, 6.07) is 4.17. The van der Waals surface area contributed by atoms with Gasteiger partial charge in [-0.15, -0.1) is 0 Å². The van der Waals surface area contributed by atoms with Crippen LogP contribution >= 0.6 is 11.6 Å². The number of hydrogen-bond donors (Lipinski definition) is 3. The number of ether oxygens (including phenoxy) is 1. The SMILES string of the molecule is CC(C)C[C@@H](NC(=O)c1ccc(Cl)cc1)C(=O)OCC(=O)NC(N)=O. The van der Waals surface area contributed by atoms with E-state index in [1.165, 1.54) is 12.1 Å². The van der Waals surface area contributed by atoms with E-state index in [4.69, 9.17) is 22.1 Å². The highest BCUT2D eigenvalue weighted by molar-refractivity contribution is 6.30. The van der Waals surface area contributed by atoms with E-state index >= 15 is 0 Å². The highest BCUT2D eigenvalue weighted by Crippen LogP contribution is 2.11. The van der Waals surface area contributed by atoms with Crippen molar-refractivity contribution in [2.24, 2.45) is 11.7 Å². The van der Waals surface area contributed by atoms with Gasteiger partial charge in [0, 0.05) is 10.6 Å². The van der Waals surface area contributed by atoms with Crippen molar-refractivity contribution in [2.75, 3.05) is 6.61 Å². The molecule has 0 aliphatic carbocycles. The van der Waals surface area contributed by atoms with Gasteiger partial charge in [0.15, 0.2) is 6.61 Å². The number of hydrogen-bond acceptors (Lipinski definition) is 5. The van der Waals surface area contributed by atoms with E-state index in [1.54, 1.807) is 17.4 Å². The number of imide groups is 1. The van der Waals surface area contributed by atoms with E-state index in [1.807, 2.05) is 13.8 Å². The fourth-order valence-electron chi connectivity index (χ4n) is 1.94. The average molecular weight is 370 g/mol. The van der Waals surface area contributed by atoms with Crippen LogP contribution in [0.1, 0.15) is 30.6 Å². The fraction of sp³-hybridized carbons (Fsp3) is 0.375. The molecule has 4 N–H and O–H groups in total. The monoisotopic (exact) mass is 369 g/mol. The molecule has 0 saturated heterocycles. The highest BCUT2D eigenvalue weighted by Gasteiger charge is 2.24. The number of carbonyl (C=O) groups excluding carboxylic acids is 4. The largest absolute Gasteiger partial charge is 0.454 e. The number of esters is 1. The summed E-state index contributed by atoms with van der Waals surface area (Å²) in [5.74, 6) is -2.02. The van der Waals surface area contributed by atoms with E-state index < -0.39 is 36.5 Å². The number of carbonyl (C=O) groups is 4. The standard InChI is InChI=1S/C16H20ClN3O5/c1-9(2)7-12(15(23)25-8-13(21)20-16(18)24)19-14(22)10-3-5-11(17)6-4-10/h3-6,9,12H,7-8H2,1-2H3,(H,19,22)(H3,18,20,21,24)/t12-/m1/s1. The second-order valence-electron chi connectivity index (χ2n) is 5.68. The van der Waals surface area contributed by atoms with Crippen molar-refractivity contribution in [1.82, 2.24) is 10.6 Å². The quantitative estimate of drug-likeness (QED) is 0.622. The Kier molecular flexibility index (Phi) is 7.87. The average Bonchev–Trinajstić information content (AvgIpc) is 2.51. The topological polar surface area (TPSA) is 128 Å². The summed E-state index contributed by atoms with van der Waals surface area (Å²) >= 11 is 5.77. The van der Waals surface area contributed by atoms with Crippen LogP contribution in [0.3, 0.4) is 0 Å². The van der Waals surface area contributed by atoms with Gasteiger partial charge in [0.25, 0.3) is 11.8 Å². The lowest BCUT2D eigenvalue weighted by atomic mass is 10.0. The normalized spacial score (nSPS) is 11.5. The van der Waals surface area contributed by atoms with Gasteiger partial charge in [0.2, 0.25) is 0 Å². The number of nitrogens with one attached hydrogen (secondary N) is 2. The lowest BCUT2D eigenvalue weighted by Gasteiger charge is -2.19. The van der Waals surface area contributed by atoms with Crippen LogP contribution in [-0.2, 0) is 14.3 Å². The fourth-order valence-corrected chi connectivity index (χ4v) is 2.07. The van der Waals surface area contributed by atoms with E-state index in [-0.39, 0.29) is 5.92 Å².